The molecule has 0 amide bonds. The molecule has 1 atom stereocenters. The molecule has 0 spiro atoms. The molecule has 18 heavy (non-hydrogen) atoms. The van der Waals surface area contributed by atoms with Crippen molar-refractivity contribution in [3.63, 3.8) is 0 Å². The van der Waals surface area contributed by atoms with Crippen molar-refractivity contribution >= 4 is 0 Å². The number of nitrogens with two attached hydrogens (primary N) is 1. The Bertz CT molecular complexity index is 195. The zero-order valence-corrected chi connectivity index (χ0v) is 12.8. The molecule has 0 aliphatic carbocycles. The van der Waals surface area contributed by atoms with Gasteiger partial charge >= 0.3 is 0 Å². The molecule has 0 saturated carbocycles. The number of aliphatic hydroxyl groups is 1. The molecule has 0 aliphatic rings. The first kappa shape index (κ1) is 17.8. The van der Waals surface area contributed by atoms with Gasteiger partial charge in [0, 0.05) is 6.54 Å². The molecule has 4 nitrogen and oxygen atoms in total. The average molecular weight is 259 g/mol. The molecule has 0 heterocycles. The van der Waals surface area contributed by atoms with Crippen molar-refractivity contribution in [2.24, 2.45) is 5.73 Å². The van der Waals surface area contributed by atoms with E-state index in [1.54, 1.807) is 0 Å². The minimum Gasteiger partial charge on any atom is -0.389 e. The first-order valence-corrected chi connectivity index (χ1v) is 7.21. The summed E-state index contributed by atoms with van der Waals surface area (Å²) < 4.78 is 0. The summed E-state index contributed by atoms with van der Waals surface area (Å²) in [5.41, 5.74) is 4.82. The second-order valence-corrected chi connectivity index (χ2v) is 5.75. The van der Waals surface area contributed by atoms with Crippen molar-refractivity contribution in [1.82, 2.24) is 9.80 Å². The zero-order valence-electron chi connectivity index (χ0n) is 12.8. The summed E-state index contributed by atoms with van der Waals surface area (Å²) >= 11 is 0. The lowest BCUT2D eigenvalue weighted by atomic mass is 9.99. The summed E-state index contributed by atoms with van der Waals surface area (Å²) in [6.45, 7) is 8.95. The minimum atomic E-state index is -0.679. The van der Waals surface area contributed by atoms with Gasteiger partial charge in [-0.15, -0.1) is 0 Å². The molecule has 0 saturated heterocycles. The molecule has 0 rings (SSSR count). The Morgan fingerprint density at radius 1 is 1.06 bits per heavy atom. The number of unbranched alkanes of at least 4 members (excludes halogenated alkanes) is 1. The van der Waals surface area contributed by atoms with Crippen LogP contribution in [0.4, 0.5) is 0 Å². The summed E-state index contributed by atoms with van der Waals surface area (Å²) in [5, 5.41) is 9.80. The van der Waals surface area contributed by atoms with Crippen molar-refractivity contribution in [3.05, 3.63) is 0 Å². The summed E-state index contributed by atoms with van der Waals surface area (Å²) in [6.07, 6.45) is 4.22. The van der Waals surface area contributed by atoms with Crippen molar-refractivity contribution in [2.45, 2.75) is 45.1 Å². The van der Waals surface area contributed by atoms with Crippen molar-refractivity contribution in [2.75, 3.05) is 46.8 Å². The Labute approximate surface area is 113 Å². The summed E-state index contributed by atoms with van der Waals surface area (Å²) in [5.74, 6) is 0. The van der Waals surface area contributed by atoms with Gasteiger partial charge in [0.25, 0.3) is 0 Å². The second kappa shape index (κ2) is 9.73. The number of hydrogen-bond acceptors (Lipinski definition) is 4. The van der Waals surface area contributed by atoms with Crippen molar-refractivity contribution in [1.29, 1.82) is 0 Å². The van der Waals surface area contributed by atoms with Gasteiger partial charge in [-0.05, 0) is 72.9 Å². The number of hydrogen-bond donors (Lipinski definition) is 2. The minimum absolute atomic E-state index is 0.354. The number of rotatable bonds is 11. The molecule has 0 fully saturated rings. The lowest BCUT2D eigenvalue weighted by molar-refractivity contribution is 0.0564. The van der Waals surface area contributed by atoms with Crippen LogP contribution >= 0.6 is 0 Å². The third-order valence-corrected chi connectivity index (χ3v) is 3.41. The molecule has 1 unspecified atom stereocenters. The standard InChI is InChI=1S/C14H33N3O/c1-5-17(12-8-10-16(3)4)11-7-6-9-14(2,18)13-15/h18H,5-13,15H2,1-4H3. The van der Waals surface area contributed by atoms with E-state index in [4.69, 9.17) is 5.73 Å². The van der Waals surface area contributed by atoms with Crippen LogP contribution in [0, 0.1) is 0 Å². The first-order valence-electron chi connectivity index (χ1n) is 7.21. The van der Waals surface area contributed by atoms with Gasteiger partial charge in [-0.2, -0.15) is 0 Å². The fraction of sp³-hybridized carbons (Fsp3) is 1.00. The van der Waals surface area contributed by atoms with E-state index in [9.17, 15) is 5.11 Å². The predicted molar refractivity (Wildman–Crippen MR) is 78.8 cm³/mol. The number of nitrogens with zero attached hydrogens (tertiary/aromatic N) is 2. The molecule has 0 aromatic heterocycles. The van der Waals surface area contributed by atoms with Crippen LogP contribution in [0.5, 0.6) is 0 Å². The lowest BCUT2D eigenvalue weighted by Crippen LogP contribution is -2.34. The van der Waals surface area contributed by atoms with Crippen LogP contribution < -0.4 is 5.73 Å². The van der Waals surface area contributed by atoms with E-state index in [1.807, 2.05) is 6.92 Å². The van der Waals surface area contributed by atoms with E-state index in [1.165, 1.54) is 13.0 Å². The normalized spacial score (nSPS) is 15.3. The van der Waals surface area contributed by atoms with Crippen LogP contribution in [0.15, 0.2) is 0 Å². The molecule has 4 heteroatoms. The SMILES string of the molecule is CCN(CCCCC(C)(O)CN)CCCN(C)C. The third kappa shape index (κ3) is 9.83. The van der Waals surface area contributed by atoms with E-state index in [0.29, 0.717) is 6.54 Å². The lowest BCUT2D eigenvalue weighted by Gasteiger charge is -2.23. The van der Waals surface area contributed by atoms with Gasteiger partial charge in [0.15, 0.2) is 0 Å². The molecule has 0 radical (unpaired) electrons. The van der Waals surface area contributed by atoms with Gasteiger partial charge in [0.1, 0.15) is 0 Å². The first-order chi connectivity index (χ1) is 8.41. The van der Waals surface area contributed by atoms with Gasteiger partial charge in [0.05, 0.1) is 5.60 Å². The molecule has 0 bridgehead atoms. The van der Waals surface area contributed by atoms with Gasteiger partial charge in [-0.1, -0.05) is 6.92 Å². The third-order valence-electron chi connectivity index (χ3n) is 3.41. The summed E-state index contributed by atoms with van der Waals surface area (Å²) in [6, 6.07) is 0. The highest BCUT2D eigenvalue weighted by Crippen LogP contribution is 2.12. The quantitative estimate of drug-likeness (QED) is 0.546. The fourth-order valence-electron chi connectivity index (χ4n) is 1.98. The van der Waals surface area contributed by atoms with Crippen LogP contribution in [-0.4, -0.2) is 67.3 Å². The van der Waals surface area contributed by atoms with Crippen LogP contribution in [0.25, 0.3) is 0 Å². The van der Waals surface area contributed by atoms with E-state index in [-0.39, 0.29) is 0 Å². The van der Waals surface area contributed by atoms with Crippen LogP contribution in [0.1, 0.15) is 39.5 Å². The van der Waals surface area contributed by atoms with Crippen molar-refractivity contribution < 1.29 is 5.11 Å². The molecule has 3 N–H and O–H groups in total. The van der Waals surface area contributed by atoms with E-state index >= 15 is 0 Å². The molecule has 0 aromatic rings. The molecule has 0 aromatic carbocycles. The topological polar surface area (TPSA) is 52.7 Å². The summed E-state index contributed by atoms with van der Waals surface area (Å²) in [7, 11) is 4.23. The molecule has 110 valence electrons. The fourth-order valence-corrected chi connectivity index (χ4v) is 1.98. The Kier molecular flexibility index (Phi) is 9.64. The monoisotopic (exact) mass is 259 g/mol. The Morgan fingerprint density at radius 3 is 2.17 bits per heavy atom. The highest BCUT2D eigenvalue weighted by Gasteiger charge is 2.16. The Hall–Kier alpha value is -0.160. The van der Waals surface area contributed by atoms with Gasteiger partial charge in [0.2, 0.25) is 0 Å². The highest BCUT2D eigenvalue weighted by atomic mass is 16.3. The molecule has 0 aliphatic heterocycles. The maximum Gasteiger partial charge on any atom is 0.0741 e. The van der Waals surface area contributed by atoms with Crippen LogP contribution in [-0.2, 0) is 0 Å². The maximum atomic E-state index is 9.80. The van der Waals surface area contributed by atoms with E-state index in [2.05, 4.69) is 30.8 Å². The maximum absolute atomic E-state index is 9.80. The Morgan fingerprint density at radius 2 is 1.67 bits per heavy atom. The highest BCUT2D eigenvalue weighted by molar-refractivity contribution is 4.73. The smallest absolute Gasteiger partial charge is 0.0741 e. The van der Waals surface area contributed by atoms with Gasteiger partial charge in [-0.25, -0.2) is 0 Å². The molecular weight excluding hydrogens is 226 g/mol. The second-order valence-electron chi connectivity index (χ2n) is 5.75. The summed E-state index contributed by atoms with van der Waals surface area (Å²) in [4.78, 5) is 4.72. The predicted octanol–water partition coefficient (Wildman–Crippen LogP) is 1.14. The van der Waals surface area contributed by atoms with Crippen molar-refractivity contribution in [3.8, 4) is 0 Å². The van der Waals surface area contributed by atoms with Gasteiger partial charge < -0.3 is 20.6 Å². The van der Waals surface area contributed by atoms with E-state index in [0.717, 1.165) is 38.9 Å². The van der Waals surface area contributed by atoms with Crippen LogP contribution in [0.3, 0.4) is 0 Å². The van der Waals surface area contributed by atoms with Crippen LogP contribution in [0.2, 0.25) is 0 Å². The zero-order chi connectivity index (χ0) is 14.0. The van der Waals surface area contributed by atoms with Gasteiger partial charge in [-0.3, -0.25) is 0 Å². The average Bonchev–Trinajstić information content (AvgIpc) is 2.31. The largest absolute Gasteiger partial charge is 0.389 e. The Balaban J connectivity index is 3.61. The van der Waals surface area contributed by atoms with E-state index < -0.39 is 5.60 Å². The molecular formula is C14H33N3O.